The van der Waals surface area contributed by atoms with Crippen molar-refractivity contribution in [1.82, 2.24) is 9.97 Å². The summed E-state index contributed by atoms with van der Waals surface area (Å²) in [5.41, 5.74) is 6.09. The summed E-state index contributed by atoms with van der Waals surface area (Å²) in [6, 6.07) is 25.0. The number of hydrogen-bond donors (Lipinski definition) is 2. The van der Waals surface area contributed by atoms with Gasteiger partial charge < -0.3 is 10.7 Å². The Morgan fingerprint density at radius 3 is 2.48 bits per heavy atom. The van der Waals surface area contributed by atoms with Gasteiger partial charge in [-0.15, -0.1) is 0 Å². The maximum Gasteiger partial charge on any atom is 0.165 e. The lowest BCUT2D eigenvalue weighted by atomic mass is 10.0. The Morgan fingerprint density at radius 2 is 1.76 bits per heavy atom. The van der Waals surface area contributed by atoms with Crippen LogP contribution in [0.3, 0.4) is 0 Å². The fraction of sp³-hybridized carbons (Fsp3) is 0.143. The number of benzene rings is 3. The van der Waals surface area contributed by atoms with Crippen molar-refractivity contribution in [2.75, 3.05) is 11.9 Å². The van der Waals surface area contributed by atoms with Crippen LogP contribution in [0.1, 0.15) is 23.9 Å². The number of hydrogen-bond acceptors (Lipinski definition) is 5. The summed E-state index contributed by atoms with van der Waals surface area (Å²) < 4.78 is 0. The van der Waals surface area contributed by atoms with Crippen molar-refractivity contribution >= 4 is 34.7 Å². The molecule has 0 bridgehead atoms. The van der Waals surface area contributed by atoms with Crippen molar-refractivity contribution in [3.8, 4) is 11.1 Å². The third kappa shape index (κ3) is 5.21. The van der Waals surface area contributed by atoms with Gasteiger partial charge in [0.1, 0.15) is 5.82 Å². The number of anilines is 1. The Morgan fingerprint density at radius 1 is 0.970 bits per heavy atom. The molecular weight excluding hydrogens is 406 g/mol. The van der Waals surface area contributed by atoms with E-state index in [1.54, 1.807) is 12.4 Å². The van der Waals surface area contributed by atoms with Gasteiger partial charge in [0.05, 0.1) is 16.5 Å². The average Bonchev–Trinajstić information content (AvgIpc) is 2.86. The summed E-state index contributed by atoms with van der Waals surface area (Å²) in [6.07, 6.45) is 5.41. The molecule has 164 valence electrons. The number of aromatic nitrogens is 2. The molecule has 0 fully saturated rings. The van der Waals surface area contributed by atoms with Crippen LogP contribution in [0.2, 0.25) is 0 Å². The minimum Gasteiger partial charge on any atom is -0.369 e. The van der Waals surface area contributed by atoms with Gasteiger partial charge in [0.15, 0.2) is 5.82 Å². The van der Waals surface area contributed by atoms with Crippen LogP contribution in [-0.2, 0) is 6.42 Å². The zero-order valence-corrected chi connectivity index (χ0v) is 18.9. The minimum absolute atomic E-state index is 0.478. The summed E-state index contributed by atoms with van der Waals surface area (Å²) in [7, 11) is 0. The van der Waals surface area contributed by atoms with Crippen LogP contribution >= 0.6 is 0 Å². The number of nitrogens with one attached hydrogen (secondary N) is 2. The minimum atomic E-state index is 0.478. The van der Waals surface area contributed by atoms with Gasteiger partial charge in [-0.1, -0.05) is 72.3 Å². The SMILES string of the molecule is CC=N/C=C(\C=N)c1nc(NCCc2ccc(C)cc2)c2c(-c3ccccc3)cccc2n1. The molecule has 3 aromatic carbocycles. The van der Waals surface area contributed by atoms with Gasteiger partial charge in [0.2, 0.25) is 0 Å². The Balaban J connectivity index is 1.79. The van der Waals surface area contributed by atoms with Crippen molar-refractivity contribution in [3.05, 3.63) is 95.9 Å². The molecule has 4 rings (SSSR count). The van der Waals surface area contributed by atoms with E-state index in [4.69, 9.17) is 15.4 Å². The summed E-state index contributed by atoms with van der Waals surface area (Å²) in [5.74, 6) is 1.24. The fourth-order valence-electron chi connectivity index (χ4n) is 3.69. The first-order valence-corrected chi connectivity index (χ1v) is 11.0. The standard InChI is InChI=1S/C28H27N5/c1-3-30-19-23(18-29)27-32-25-11-7-10-24(22-8-5-4-6-9-22)26(25)28(33-27)31-17-16-21-14-12-20(2)13-15-21/h3-15,18-19,29H,16-17H2,1-2H3,(H,31,32,33)/b23-19+,29-18?,30-3?. The van der Waals surface area contributed by atoms with E-state index in [2.05, 4.69) is 59.7 Å². The summed E-state index contributed by atoms with van der Waals surface area (Å²) in [5, 5.41) is 12.3. The van der Waals surface area contributed by atoms with E-state index in [-0.39, 0.29) is 0 Å². The molecule has 0 aliphatic carbocycles. The van der Waals surface area contributed by atoms with Gasteiger partial charge in [-0.3, -0.25) is 4.99 Å². The van der Waals surface area contributed by atoms with Crippen LogP contribution < -0.4 is 5.32 Å². The lowest BCUT2D eigenvalue weighted by Crippen LogP contribution is -2.09. The second-order valence-electron chi connectivity index (χ2n) is 7.76. The molecular formula is C28H27N5. The molecule has 0 aliphatic heterocycles. The van der Waals surface area contributed by atoms with Gasteiger partial charge in [-0.05, 0) is 43.0 Å². The van der Waals surface area contributed by atoms with E-state index in [0.29, 0.717) is 11.4 Å². The third-order valence-corrected chi connectivity index (χ3v) is 5.41. The quantitative estimate of drug-likeness (QED) is 0.318. The van der Waals surface area contributed by atoms with E-state index >= 15 is 0 Å². The van der Waals surface area contributed by atoms with E-state index in [9.17, 15) is 0 Å². The number of aliphatic imine (C=N–C) groups is 1. The number of aryl methyl sites for hydroxylation is 1. The molecule has 2 N–H and O–H groups in total. The van der Waals surface area contributed by atoms with E-state index in [1.165, 1.54) is 17.3 Å². The summed E-state index contributed by atoms with van der Waals surface area (Å²) >= 11 is 0. The third-order valence-electron chi connectivity index (χ3n) is 5.41. The van der Waals surface area contributed by atoms with E-state index < -0.39 is 0 Å². The zero-order chi connectivity index (χ0) is 23.0. The van der Waals surface area contributed by atoms with Crippen molar-refractivity contribution in [2.45, 2.75) is 20.3 Å². The largest absolute Gasteiger partial charge is 0.369 e. The van der Waals surface area contributed by atoms with Crippen LogP contribution in [-0.4, -0.2) is 28.9 Å². The van der Waals surface area contributed by atoms with Crippen LogP contribution in [0.5, 0.6) is 0 Å². The van der Waals surface area contributed by atoms with Gasteiger partial charge in [0.25, 0.3) is 0 Å². The smallest absolute Gasteiger partial charge is 0.165 e. The van der Waals surface area contributed by atoms with Crippen molar-refractivity contribution in [1.29, 1.82) is 5.41 Å². The number of nitrogens with zero attached hydrogens (tertiary/aromatic N) is 3. The molecule has 1 heterocycles. The molecule has 0 saturated carbocycles. The molecule has 0 spiro atoms. The predicted molar refractivity (Wildman–Crippen MR) is 139 cm³/mol. The average molecular weight is 434 g/mol. The van der Waals surface area contributed by atoms with Crippen LogP contribution in [0.4, 0.5) is 5.82 Å². The highest BCUT2D eigenvalue weighted by molar-refractivity contribution is 6.09. The van der Waals surface area contributed by atoms with Crippen LogP contribution in [0.25, 0.3) is 27.6 Å². The highest BCUT2D eigenvalue weighted by Gasteiger charge is 2.14. The van der Waals surface area contributed by atoms with Gasteiger partial charge in [-0.25, -0.2) is 9.97 Å². The summed E-state index contributed by atoms with van der Waals surface area (Å²) in [4.78, 5) is 13.8. The lowest BCUT2D eigenvalue weighted by molar-refractivity contribution is 1.00. The van der Waals surface area contributed by atoms with Crippen molar-refractivity contribution in [3.63, 3.8) is 0 Å². The Labute approximate surface area is 194 Å². The molecule has 0 amide bonds. The van der Waals surface area contributed by atoms with Gasteiger partial charge >= 0.3 is 0 Å². The first-order chi connectivity index (χ1) is 16.2. The first-order valence-electron chi connectivity index (χ1n) is 11.0. The lowest BCUT2D eigenvalue weighted by Gasteiger charge is -2.14. The zero-order valence-electron chi connectivity index (χ0n) is 18.9. The molecule has 0 unspecified atom stereocenters. The van der Waals surface area contributed by atoms with E-state index in [1.807, 2.05) is 37.3 Å². The molecule has 0 radical (unpaired) electrons. The van der Waals surface area contributed by atoms with Crippen LogP contribution in [0, 0.1) is 12.3 Å². The van der Waals surface area contributed by atoms with Crippen LogP contribution in [0.15, 0.2) is 84.0 Å². The molecule has 5 heteroatoms. The number of allylic oxidation sites excluding steroid dienone is 1. The number of fused-ring (bicyclic) bond motifs is 1. The molecule has 1 aromatic heterocycles. The highest BCUT2D eigenvalue weighted by atomic mass is 15.0. The number of rotatable bonds is 8. The Kier molecular flexibility index (Phi) is 7.00. The monoisotopic (exact) mass is 433 g/mol. The second kappa shape index (κ2) is 10.5. The first kappa shape index (κ1) is 22.1. The van der Waals surface area contributed by atoms with E-state index in [0.717, 1.165) is 40.8 Å². The summed E-state index contributed by atoms with van der Waals surface area (Å²) in [6.45, 7) is 4.66. The topological polar surface area (TPSA) is 74.0 Å². The van der Waals surface area contributed by atoms with Gasteiger partial charge in [0, 0.05) is 25.2 Å². The highest BCUT2D eigenvalue weighted by Crippen LogP contribution is 2.33. The normalized spacial score (nSPS) is 11.8. The Hall–Kier alpha value is -4.12. The molecule has 5 nitrogen and oxygen atoms in total. The maximum absolute atomic E-state index is 7.83. The van der Waals surface area contributed by atoms with Crippen molar-refractivity contribution < 1.29 is 0 Å². The Bertz CT molecular complexity index is 1310. The molecule has 0 saturated heterocycles. The predicted octanol–water partition coefficient (Wildman–Crippen LogP) is 6.34. The van der Waals surface area contributed by atoms with Gasteiger partial charge in [-0.2, -0.15) is 0 Å². The maximum atomic E-state index is 7.83. The second-order valence-corrected chi connectivity index (χ2v) is 7.76. The fourth-order valence-corrected chi connectivity index (χ4v) is 3.69. The molecule has 0 aliphatic rings. The molecule has 0 atom stereocenters. The molecule has 33 heavy (non-hydrogen) atoms. The molecule has 4 aromatic rings. The van der Waals surface area contributed by atoms with Crippen molar-refractivity contribution in [2.24, 2.45) is 4.99 Å².